The Labute approximate surface area is 233 Å². The number of rotatable bonds is 5. The fourth-order valence-electron chi connectivity index (χ4n) is 4.51. The number of halogens is 1. The predicted octanol–water partition coefficient (Wildman–Crippen LogP) is 1.47. The van der Waals surface area contributed by atoms with Crippen LogP contribution in [0.25, 0.3) is 15.6 Å². The number of fused-ring (bicyclic) bond motifs is 2. The van der Waals surface area contributed by atoms with E-state index in [0.29, 0.717) is 0 Å². The van der Waals surface area contributed by atoms with Gasteiger partial charge in [-0.05, 0) is 0 Å². The average Bonchev–Trinajstić information content (AvgIpc) is 2.94. The van der Waals surface area contributed by atoms with Crippen molar-refractivity contribution in [2.75, 3.05) is 0 Å². The van der Waals surface area contributed by atoms with Crippen LogP contribution in [0.1, 0.15) is 22.3 Å². The number of allylic oxidation sites excluding steroid dienone is 5. The third-order valence-electron chi connectivity index (χ3n) is 6.16. The molecule has 0 radical (unpaired) electrons. The zero-order valence-corrected chi connectivity index (χ0v) is 24.1. The predicted molar refractivity (Wildman–Crippen MR) is 146 cm³/mol. The molecule has 0 spiro atoms. The van der Waals surface area contributed by atoms with Crippen LogP contribution in [0.3, 0.4) is 0 Å². The van der Waals surface area contributed by atoms with E-state index in [1.165, 1.54) is 20.1 Å². The summed E-state index contributed by atoms with van der Waals surface area (Å²) in [5.74, 6) is 0. The van der Waals surface area contributed by atoms with Crippen molar-refractivity contribution in [2.45, 2.75) is 0 Å². The molecule has 0 saturated heterocycles. The Balaban J connectivity index is 1.57. The van der Waals surface area contributed by atoms with E-state index in [1.54, 1.807) is 0 Å². The van der Waals surface area contributed by atoms with Gasteiger partial charge in [0.2, 0.25) is 0 Å². The minimum atomic E-state index is -4.59. The molecule has 0 fully saturated rings. The molecule has 4 nitrogen and oxygen atoms in total. The third kappa shape index (κ3) is 5.33. The molecule has 0 saturated carbocycles. The van der Waals surface area contributed by atoms with E-state index < -0.39 is 24.0 Å². The van der Waals surface area contributed by atoms with Gasteiger partial charge in [0.25, 0.3) is 0 Å². The van der Waals surface area contributed by atoms with Crippen molar-refractivity contribution in [2.24, 2.45) is 0 Å². The summed E-state index contributed by atoms with van der Waals surface area (Å²) in [6.07, 6.45) is 6.43. The second-order valence-electron chi connectivity index (χ2n) is 8.61. The van der Waals surface area contributed by atoms with Crippen molar-refractivity contribution in [1.29, 1.82) is 0 Å². The van der Waals surface area contributed by atoms with E-state index in [1.807, 2.05) is 66.7 Å². The molecule has 0 aliphatic carbocycles. The van der Waals surface area contributed by atoms with Crippen molar-refractivity contribution in [3.8, 4) is 0 Å². The van der Waals surface area contributed by atoms with Crippen molar-refractivity contribution >= 4 is 57.7 Å². The molecule has 2 aliphatic heterocycles. The molecule has 38 heavy (non-hydrogen) atoms. The van der Waals surface area contributed by atoms with Crippen LogP contribution < -0.4 is 22.9 Å². The molecule has 2 heterocycles. The standard InChI is InChI=1S/C31H21ClO4Se2/c33-32(34,35)36-38-30-18-10-8-16-27(30)25(21-31(38)23-13-5-2-6-14-23)19-24-20-29(22-11-3-1-4-12-22)37-28-17-9-7-15-26(24)28/h1-21H/b24-19+. The first kappa shape index (κ1) is 25.4. The summed E-state index contributed by atoms with van der Waals surface area (Å²) in [6, 6.07) is 36.1. The fourth-order valence-corrected chi connectivity index (χ4v) is 11.9. The van der Waals surface area contributed by atoms with Crippen LogP contribution in [-0.4, -0.2) is 33.2 Å². The van der Waals surface area contributed by atoms with Crippen LogP contribution in [0.5, 0.6) is 0 Å². The van der Waals surface area contributed by atoms with Crippen molar-refractivity contribution in [1.82, 2.24) is 0 Å². The molecular weight excluding hydrogens is 630 g/mol. The van der Waals surface area contributed by atoms with E-state index >= 15 is 0 Å². The quantitative estimate of drug-likeness (QED) is 0.307. The maximum absolute atomic E-state index is 11.8. The van der Waals surface area contributed by atoms with Crippen molar-refractivity contribution in [3.05, 3.63) is 150 Å². The minimum absolute atomic E-state index is 0.169. The van der Waals surface area contributed by atoms with Crippen LogP contribution in [0.15, 0.2) is 127 Å². The van der Waals surface area contributed by atoms with E-state index in [0.717, 1.165) is 31.2 Å². The molecule has 0 N–H and O–H groups in total. The second-order valence-corrected chi connectivity index (χ2v) is 15.5. The summed E-state index contributed by atoms with van der Waals surface area (Å²) in [5, 5.41) is 0. The zero-order valence-electron chi connectivity index (χ0n) is 20.0. The van der Waals surface area contributed by atoms with Gasteiger partial charge in [0.05, 0.1) is 0 Å². The van der Waals surface area contributed by atoms with Gasteiger partial charge in [-0.3, -0.25) is 0 Å². The Hall–Kier alpha value is -2.86. The van der Waals surface area contributed by atoms with Crippen LogP contribution in [0.2, 0.25) is 0 Å². The zero-order chi connectivity index (χ0) is 26.1. The van der Waals surface area contributed by atoms with Crippen molar-refractivity contribution < 1.29 is 27.6 Å². The fraction of sp³-hybridized carbons (Fsp3) is 0. The first-order valence-electron chi connectivity index (χ1n) is 11.8. The molecule has 2 aliphatic rings. The molecule has 6 rings (SSSR count). The Morgan fingerprint density at radius 3 is 1.97 bits per heavy atom. The summed E-state index contributed by atoms with van der Waals surface area (Å²) in [6.45, 7) is 0. The monoisotopic (exact) mass is 652 g/mol. The average molecular weight is 651 g/mol. The van der Waals surface area contributed by atoms with Crippen LogP contribution in [0, 0.1) is 10.2 Å². The van der Waals surface area contributed by atoms with E-state index in [-0.39, 0.29) is 15.0 Å². The third-order valence-corrected chi connectivity index (χ3v) is 13.8. The maximum atomic E-state index is 11.8. The van der Waals surface area contributed by atoms with Gasteiger partial charge in [0.1, 0.15) is 0 Å². The van der Waals surface area contributed by atoms with Crippen LogP contribution in [-0.2, 0) is 3.37 Å². The Kier molecular flexibility index (Phi) is 7.17. The van der Waals surface area contributed by atoms with Gasteiger partial charge in [0.15, 0.2) is 0 Å². The van der Waals surface area contributed by atoms with E-state index in [9.17, 15) is 14.0 Å². The van der Waals surface area contributed by atoms with Gasteiger partial charge < -0.3 is 0 Å². The molecule has 188 valence electrons. The second kappa shape index (κ2) is 10.7. The first-order chi connectivity index (χ1) is 18.5. The summed E-state index contributed by atoms with van der Waals surface area (Å²) in [4.78, 5) is 0. The summed E-state index contributed by atoms with van der Waals surface area (Å²) < 4.78 is 44.7. The van der Waals surface area contributed by atoms with Gasteiger partial charge >= 0.3 is 235 Å². The van der Waals surface area contributed by atoms with Gasteiger partial charge in [-0.1, -0.05) is 0 Å². The number of hydrogen-bond acceptors (Lipinski definition) is 4. The molecule has 4 aromatic rings. The topological polar surface area (TPSA) is 78.4 Å². The Morgan fingerprint density at radius 2 is 1.26 bits per heavy atom. The normalized spacial score (nSPS) is 17.9. The molecule has 0 bridgehead atoms. The molecule has 4 aromatic carbocycles. The molecule has 1 unspecified atom stereocenters. The van der Waals surface area contributed by atoms with Crippen LogP contribution >= 0.6 is 0 Å². The summed E-state index contributed by atoms with van der Waals surface area (Å²) in [7, 11) is -4.59. The van der Waals surface area contributed by atoms with E-state index in [2.05, 4.69) is 60.7 Å². The van der Waals surface area contributed by atoms with Crippen LogP contribution in [0.4, 0.5) is 0 Å². The summed E-state index contributed by atoms with van der Waals surface area (Å²) in [5.41, 5.74) is 6.17. The van der Waals surface area contributed by atoms with Gasteiger partial charge in [-0.2, -0.15) is 0 Å². The van der Waals surface area contributed by atoms with Gasteiger partial charge in [-0.15, -0.1) is 0 Å². The molecule has 7 heteroatoms. The number of benzene rings is 4. The molecule has 0 aromatic heterocycles. The molecule has 0 amide bonds. The SMILES string of the molecule is [O-][Cl+3]([O-])([O-])O[Se]1=C(c2ccccc2)C=C(/C=C2\C=C(c3ccccc3)[Se]c3ccccc32)c2ccccc21. The van der Waals surface area contributed by atoms with Gasteiger partial charge in [0, 0.05) is 0 Å². The molecular formula is C31H21ClO4Se2. The first-order valence-corrected chi connectivity index (χ1v) is 17.2. The van der Waals surface area contributed by atoms with Crippen molar-refractivity contribution in [3.63, 3.8) is 0 Å². The number of hydrogen-bond donors (Lipinski definition) is 0. The Bertz CT molecular complexity index is 1640. The molecule has 1 atom stereocenters. The van der Waals surface area contributed by atoms with Gasteiger partial charge in [-0.25, -0.2) is 0 Å². The van der Waals surface area contributed by atoms with E-state index in [4.69, 9.17) is 3.37 Å². The summed E-state index contributed by atoms with van der Waals surface area (Å²) >= 11 is -2.48. The Morgan fingerprint density at radius 1 is 0.658 bits per heavy atom.